The van der Waals surface area contributed by atoms with E-state index >= 15 is 0 Å². The van der Waals surface area contributed by atoms with E-state index in [0.717, 1.165) is 17.0 Å². The van der Waals surface area contributed by atoms with Gasteiger partial charge in [-0.2, -0.15) is 0 Å². The van der Waals surface area contributed by atoms with Gasteiger partial charge in [-0.3, -0.25) is 9.89 Å². The van der Waals surface area contributed by atoms with Crippen LogP contribution in [0, 0.1) is 13.8 Å². The molecular weight excluding hydrogens is 251 g/mol. The molecule has 90 valence electrons. The van der Waals surface area contributed by atoms with Gasteiger partial charge in [0.05, 0.1) is 0 Å². The van der Waals surface area contributed by atoms with Crippen LogP contribution in [0.15, 0.2) is 10.9 Å². The summed E-state index contributed by atoms with van der Waals surface area (Å²) in [5, 5.41) is 2.67. The molecule has 2 heterocycles. The minimum atomic E-state index is -0.144. The van der Waals surface area contributed by atoms with Crippen LogP contribution in [-0.4, -0.2) is 14.6 Å². The Labute approximate surface area is 105 Å². The number of hydrogen-bond acceptors (Lipinski definition) is 3. The summed E-state index contributed by atoms with van der Waals surface area (Å²) in [6.45, 7) is 4.24. The average Bonchev–Trinajstić information content (AvgIpc) is 2.47. The Kier molecular flexibility index (Phi) is 4.99. The first-order valence-corrected chi connectivity index (χ1v) is 4.41. The maximum atomic E-state index is 11.1. The van der Waals surface area contributed by atoms with E-state index in [1.807, 2.05) is 13.8 Å². The molecule has 2 aromatic rings. The van der Waals surface area contributed by atoms with Gasteiger partial charge in [0.1, 0.15) is 0 Å². The topological polar surface area (TPSA) is 76.2 Å². The molecule has 0 amide bonds. The minimum absolute atomic E-state index is 0. The molecule has 0 saturated carbocycles. The van der Waals surface area contributed by atoms with Gasteiger partial charge >= 0.3 is 0 Å². The van der Waals surface area contributed by atoms with Gasteiger partial charge in [-0.15, -0.1) is 24.8 Å². The van der Waals surface area contributed by atoms with Crippen molar-refractivity contribution in [3.63, 3.8) is 0 Å². The molecule has 0 fully saturated rings. The second-order valence-electron chi connectivity index (χ2n) is 3.28. The zero-order valence-electron chi connectivity index (χ0n) is 8.98. The lowest BCUT2D eigenvalue weighted by Gasteiger charge is -2.08. The molecule has 3 N–H and O–H groups in total. The molecule has 0 radical (unpaired) electrons. The van der Waals surface area contributed by atoms with Gasteiger partial charge in [0, 0.05) is 29.6 Å². The summed E-state index contributed by atoms with van der Waals surface area (Å²) < 4.78 is 1.66. The van der Waals surface area contributed by atoms with E-state index in [-0.39, 0.29) is 30.4 Å². The van der Waals surface area contributed by atoms with E-state index in [4.69, 9.17) is 5.73 Å². The van der Waals surface area contributed by atoms with Crippen molar-refractivity contribution in [2.45, 2.75) is 20.4 Å². The minimum Gasteiger partial charge on any atom is -0.326 e. The number of nitrogens with zero attached hydrogens (tertiary/aromatic N) is 2. The first kappa shape index (κ1) is 15.0. The lowest BCUT2D eigenvalue weighted by atomic mass is 10.2. The summed E-state index contributed by atoms with van der Waals surface area (Å²) in [4.78, 5) is 15.4. The smallest absolute Gasteiger partial charge is 0.266 e. The van der Waals surface area contributed by atoms with Crippen LogP contribution < -0.4 is 11.3 Å². The van der Waals surface area contributed by atoms with Crippen molar-refractivity contribution in [1.82, 2.24) is 14.6 Å². The van der Waals surface area contributed by atoms with E-state index in [0.29, 0.717) is 12.2 Å². The van der Waals surface area contributed by atoms with Gasteiger partial charge in [0.2, 0.25) is 0 Å². The Morgan fingerprint density at radius 1 is 1.44 bits per heavy atom. The maximum Gasteiger partial charge on any atom is 0.266 e. The van der Waals surface area contributed by atoms with Crippen molar-refractivity contribution in [1.29, 1.82) is 0 Å². The van der Waals surface area contributed by atoms with Crippen molar-refractivity contribution in [3.05, 3.63) is 33.4 Å². The van der Waals surface area contributed by atoms with Crippen LogP contribution in [0.4, 0.5) is 0 Å². The molecule has 0 aromatic carbocycles. The first-order chi connectivity index (χ1) is 6.63. The molecule has 0 unspecified atom stereocenters. The van der Waals surface area contributed by atoms with Gasteiger partial charge < -0.3 is 5.73 Å². The molecule has 0 spiro atoms. The Hall–Kier alpha value is -1.04. The maximum absolute atomic E-state index is 11.1. The van der Waals surface area contributed by atoms with E-state index in [1.165, 1.54) is 6.07 Å². The number of nitrogens with two attached hydrogens (primary N) is 1. The highest BCUT2D eigenvalue weighted by molar-refractivity contribution is 5.85. The highest BCUT2D eigenvalue weighted by Gasteiger charge is 2.08. The van der Waals surface area contributed by atoms with Gasteiger partial charge in [-0.05, 0) is 13.8 Å². The Morgan fingerprint density at radius 2 is 2.06 bits per heavy atom. The molecule has 7 heteroatoms. The zero-order chi connectivity index (χ0) is 10.3. The van der Waals surface area contributed by atoms with Gasteiger partial charge in [-0.1, -0.05) is 0 Å². The van der Waals surface area contributed by atoms with E-state index in [1.54, 1.807) is 4.52 Å². The van der Waals surface area contributed by atoms with Gasteiger partial charge in [0.25, 0.3) is 5.56 Å². The quantitative estimate of drug-likeness (QED) is 0.805. The van der Waals surface area contributed by atoms with E-state index < -0.39 is 0 Å². The average molecular weight is 265 g/mol. The number of H-pyrrole nitrogens is 1. The number of hydrogen-bond donors (Lipinski definition) is 2. The molecule has 0 bridgehead atoms. The summed E-state index contributed by atoms with van der Waals surface area (Å²) in [7, 11) is 0. The predicted molar refractivity (Wildman–Crippen MR) is 67.7 cm³/mol. The SMILES string of the molecule is Cc1nc2cc(=O)[nH]n2c(C)c1CN.Cl.Cl. The van der Waals surface area contributed by atoms with Crippen LogP contribution in [-0.2, 0) is 6.54 Å². The molecule has 0 aliphatic carbocycles. The lowest BCUT2D eigenvalue weighted by Crippen LogP contribution is -2.10. The monoisotopic (exact) mass is 264 g/mol. The molecule has 0 saturated heterocycles. The zero-order valence-corrected chi connectivity index (χ0v) is 10.6. The molecule has 0 atom stereocenters. The number of fused-ring (bicyclic) bond motifs is 1. The third-order valence-electron chi connectivity index (χ3n) is 2.41. The van der Waals surface area contributed by atoms with Gasteiger partial charge in [-0.25, -0.2) is 9.50 Å². The van der Waals surface area contributed by atoms with Crippen LogP contribution in [0.25, 0.3) is 5.65 Å². The molecule has 16 heavy (non-hydrogen) atoms. The number of aromatic amines is 1. The van der Waals surface area contributed by atoms with Crippen LogP contribution in [0.2, 0.25) is 0 Å². The summed E-state index contributed by atoms with van der Waals surface area (Å²) in [6, 6.07) is 1.47. The number of nitrogens with one attached hydrogen (secondary N) is 1. The second-order valence-corrected chi connectivity index (χ2v) is 3.28. The summed E-state index contributed by atoms with van der Waals surface area (Å²) in [5.74, 6) is 0. The molecule has 2 aromatic heterocycles. The van der Waals surface area contributed by atoms with Crippen molar-refractivity contribution in [2.24, 2.45) is 5.73 Å². The largest absolute Gasteiger partial charge is 0.326 e. The molecule has 5 nitrogen and oxygen atoms in total. The summed E-state index contributed by atoms with van der Waals surface area (Å²) in [5.41, 5.74) is 8.90. The van der Waals surface area contributed by atoms with Crippen molar-refractivity contribution < 1.29 is 0 Å². The van der Waals surface area contributed by atoms with E-state index in [9.17, 15) is 4.79 Å². The first-order valence-electron chi connectivity index (χ1n) is 4.41. The molecular formula is C9H14Cl2N4O. The Balaban J connectivity index is 0.00000112. The lowest BCUT2D eigenvalue weighted by molar-refractivity contribution is 0.833. The van der Waals surface area contributed by atoms with Crippen LogP contribution in [0.1, 0.15) is 17.0 Å². The fourth-order valence-corrected chi connectivity index (χ4v) is 1.65. The highest BCUT2D eigenvalue weighted by Crippen LogP contribution is 2.11. The normalized spacial score (nSPS) is 9.69. The Morgan fingerprint density at radius 3 is 2.62 bits per heavy atom. The standard InChI is InChI=1S/C9H12N4O.2ClH/c1-5-7(4-10)6(2)13-8(11-5)3-9(14)12-13;;/h3H,4,10H2,1-2H3,(H,12,14);2*1H. The number of halogens is 2. The second kappa shape index (κ2) is 5.34. The highest BCUT2D eigenvalue weighted by atomic mass is 35.5. The fraction of sp³-hybridized carbons (Fsp3) is 0.333. The van der Waals surface area contributed by atoms with Crippen LogP contribution >= 0.6 is 24.8 Å². The van der Waals surface area contributed by atoms with Crippen LogP contribution in [0.5, 0.6) is 0 Å². The fourth-order valence-electron chi connectivity index (χ4n) is 1.65. The molecule has 2 rings (SSSR count). The number of rotatable bonds is 1. The summed E-state index contributed by atoms with van der Waals surface area (Å²) >= 11 is 0. The number of aryl methyl sites for hydroxylation is 2. The van der Waals surface area contributed by atoms with E-state index in [2.05, 4.69) is 10.1 Å². The van der Waals surface area contributed by atoms with Gasteiger partial charge in [0.15, 0.2) is 5.65 Å². The predicted octanol–water partition coefficient (Wildman–Crippen LogP) is 0.942. The third-order valence-corrected chi connectivity index (χ3v) is 2.41. The third kappa shape index (κ3) is 2.21. The molecule has 0 aliphatic rings. The molecule has 0 aliphatic heterocycles. The van der Waals surface area contributed by atoms with Crippen molar-refractivity contribution in [3.8, 4) is 0 Å². The summed E-state index contributed by atoms with van der Waals surface area (Å²) in [6.07, 6.45) is 0. The van der Waals surface area contributed by atoms with Crippen LogP contribution in [0.3, 0.4) is 0 Å². The number of aromatic nitrogens is 3. The Bertz CT molecular complexity index is 546. The van der Waals surface area contributed by atoms with Crippen molar-refractivity contribution in [2.75, 3.05) is 0 Å². The van der Waals surface area contributed by atoms with Crippen molar-refractivity contribution >= 4 is 30.5 Å².